The molecular formula is C14H22N2OS. The van der Waals surface area contributed by atoms with E-state index in [1.54, 1.807) is 0 Å². The smallest absolute Gasteiger partial charge is 0.236 e. The van der Waals surface area contributed by atoms with Crippen molar-refractivity contribution in [2.24, 2.45) is 0 Å². The number of likely N-dealkylation sites (N-methyl/N-ethyl adjacent to an activating group) is 1. The molecule has 1 aliphatic rings. The number of nitrogens with one attached hydrogen (secondary N) is 1. The first-order valence-corrected chi connectivity index (χ1v) is 7.49. The van der Waals surface area contributed by atoms with Crippen LogP contribution in [0.1, 0.15) is 35.1 Å². The minimum absolute atomic E-state index is 0.241. The number of amides is 1. The van der Waals surface area contributed by atoms with Crippen molar-refractivity contribution in [3.63, 3.8) is 0 Å². The lowest BCUT2D eigenvalue weighted by atomic mass is 10.3. The summed E-state index contributed by atoms with van der Waals surface area (Å²) in [6.45, 7) is 8.42. The predicted molar refractivity (Wildman–Crippen MR) is 75.9 cm³/mol. The molecule has 0 aliphatic heterocycles. The fourth-order valence-corrected chi connectivity index (χ4v) is 3.18. The fraction of sp³-hybridized carbons (Fsp3) is 0.643. The summed E-state index contributed by atoms with van der Waals surface area (Å²) in [6, 6.07) is 2.73. The number of hydrogen-bond donors (Lipinski definition) is 1. The van der Waals surface area contributed by atoms with E-state index in [0.717, 1.165) is 13.1 Å². The van der Waals surface area contributed by atoms with Crippen LogP contribution in [0.5, 0.6) is 0 Å². The number of hydrogen-bond acceptors (Lipinski definition) is 3. The van der Waals surface area contributed by atoms with E-state index in [4.69, 9.17) is 0 Å². The summed E-state index contributed by atoms with van der Waals surface area (Å²) >= 11 is 1.81. The Hall–Kier alpha value is -0.870. The van der Waals surface area contributed by atoms with Crippen LogP contribution in [0, 0.1) is 13.8 Å². The Balaban J connectivity index is 1.75. The van der Waals surface area contributed by atoms with E-state index in [1.165, 1.54) is 28.2 Å². The van der Waals surface area contributed by atoms with Crippen molar-refractivity contribution in [2.75, 3.05) is 13.1 Å². The van der Waals surface area contributed by atoms with Crippen molar-refractivity contribution in [3.05, 3.63) is 21.4 Å². The molecule has 1 amide bonds. The van der Waals surface area contributed by atoms with Crippen LogP contribution in [0.4, 0.5) is 0 Å². The van der Waals surface area contributed by atoms with Crippen LogP contribution in [0.3, 0.4) is 0 Å². The Morgan fingerprint density at radius 3 is 2.72 bits per heavy atom. The molecule has 4 heteroatoms. The topological polar surface area (TPSA) is 32.3 Å². The molecule has 0 aromatic carbocycles. The zero-order chi connectivity index (χ0) is 13.1. The normalized spacial score (nSPS) is 14.8. The maximum Gasteiger partial charge on any atom is 0.236 e. The molecule has 1 aromatic rings. The third-order valence-electron chi connectivity index (χ3n) is 3.44. The Morgan fingerprint density at radius 2 is 2.22 bits per heavy atom. The van der Waals surface area contributed by atoms with Crippen LogP contribution < -0.4 is 5.32 Å². The summed E-state index contributed by atoms with van der Waals surface area (Å²) < 4.78 is 0. The molecule has 1 saturated carbocycles. The van der Waals surface area contributed by atoms with Crippen LogP contribution in [-0.4, -0.2) is 29.9 Å². The maximum atomic E-state index is 12.0. The van der Waals surface area contributed by atoms with Gasteiger partial charge in [0.1, 0.15) is 0 Å². The number of rotatable bonds is 6. The quantitative estimate of drug-likeness (QED) is 0.858. The van der Waals surface area contributed by atoms with Gasteiger partial charge in [-0.05, 0) is 45.2 Å². The van der Waals surface area contributed by atoms with Crippen molar-refractivity contribution >= 4 is 17.2 Å². The molecule has 1 heterocycles. The van der Waals surface area contributed by atoms with Crippen LogP contribution in [0.25, 0.3) is 0 Å². The molecule has 3 nitrogen and oxygen atoms in total. The molecule has 0 bridgehead atoms. The van der Waals surface area contributed by atoms with Crippen molar-refractivity contribution in [3.8, 4) is 0 Å². The summed E-state index contributed by atoms with van der Waals surface area (Å²) in [7, 11) is 0. The predicted octanol–water partition coefficient (Wildman–Crippen LogP) is 2.47. The zero-order valence-corrected chi connectivity index (χ0v) is 12.3. The van der Waals surface area contributed by atoms with Gasteiger partial charge < -0.3 is 10.2 Å². The Labute approximate surface area is 113 Å². The van der Waals surface area contributed by atoms with Crippen molar-refractivity contribution in [1.29, 1.82) is 0 Å². The molecule has 2 rings (SSSR count). The lowest BCUT2D eigenvalue weighted by Crippen LogP contribution is -2.39. The van der Waals surface area contributed by atoms with Gasteiger partial charge in [0.25, 0.3) is 0 Å². The lowest BCUT2D eigenvalue weighted by molar-refractivity contribution is -0.130. The Kier molecular flexibility index (Phi) is 4.40. The first-order chi connectivity index (χ1) is 8.61. The van der Waals surface area contributed by atoms with E-state index in [0.29, 0.717) is 12.6 Å². The summed E-state index contributed by atoms with van der Waals surface area (Å²) in [6.07, 6.45) is 2.37. The second-order valence-electron chi connectivity index (χ2n) is 4.97. The van der Waals surface area contributed by atoms with Crippen molar-refractivity contribution in [2.45, 2.75) is 46.2 Å². The second kappa shape index (κ2) is 5.85. The van der Waals surface area contributed by atoms with E-state index in [2.05, 4.69) is 32.2 Å². The van der Waals surface area contributed by atoms with E-state index < -0.39 is 0 Å². The van der Waals surface area contributed by atoms with Gasteiger partial charge in [-0.2, -0.15) is 0 Å². The SMILES string of the molecule is CCN(C(=O)CNCc1cc(C)c(C)s1)C1CC1. The van der Waals surface area contributed by atoms with Crippen LogP contribution >= 0.6 is 11.3 Å². The number of nitrogens with zero attached hydrogens (tertiary/aromatic N) is 1. The molecular weight excluding hydrogens is 244 g/mol. The highest BCUT2D eigenvalue weighted by Gasteiger charge is 2.30. The second-order valence-corrected chi connectivity index (χ2v) is 6.31. The Morgan fingerprint density at radius 1 is 1.50 bits per heavy atom. The number of thiophene rings is 1. The van der Waals surface area contributed by atoms with Crippen molar-refractivity contribution < 1.29 is 4.79 Å². The molecule has 1 N–H and O–H groups in total. The largest absolute Gasteiger partial charge is 0.339 e. The highest BCUT2D eigenvalue weighted by atomic mass is 32.1. The van der Waals surface area contributed by atoms with Gasteiger partial charge >= 0.3 is 0 Å². The van der Waals surface area contributed by atoms with Gasteiger partial charge in [0, 0.05) is 28.9 Å². The number of carbonyl (C=O) groups is 1. The first kappa shape index (κ1) is 13.6. The van der Waals surface area contributed by atoms with Crippen LogP contribution in [-0.2, 0) is 11.3 Å². The van der Waals surface area contributed by atoms with Gasteiger partial charge in [0.15, 0.2) is 0 Å². The molecule has 0 atom stereocenters. The van der Waals surface area contributed by atoms with E-state index in [-0.39, 0.29) is 5.91 Å². The van der Waals surface area contributed by atoms with Gasteiger partial charge in [-0.3, -0.25) is 4.79 Å². The lowest BCUT2D eigenvalue weighted by Gasteiger charge is -2.20. The zero-order valence-electron chi connectivity index (χ0n) is 11.5. The number of aryl methyl sites for hydroxylation is 2. The van der Waals surface area contributed by atoms with Gasteiger partial charge in [-0.15, -0.1) is 11.3 Å². The maximum absolute atomic E-state index is 12.0. The Bertz CT molecular complexity index is 404. The number of carbonyl (C=O) groups excluding carboxylic acids is 1. The van der Waals surface area contributed by atoms with E-state index in [1.807, 2.05) is 16.2 Å². The third-order valence-corrected chi connectivity index (χ3v) is 4.59. The van der Waals surface area contributed by atoms with Crippen molar-refractivity contribution in [1.82, 2.24) is 10.2 Å². The molecule has 100 valence electrons. The molecule has 0 saturated heterocycles. The first-order valence-electron chi connectivity index (χ1n) is 6.68. The monoisotopic (exact) mass is 266 g/mol. The molecule has 18 heavy (non-hydrogen) atoms. The standard InChI is InChI=1S/C14H22N2OS/c1-4-16(12-5-6-12)14(17)9-15-8-13-7-10(2)11(3)18-13/h7,12,15H,4-6,8-9H2,1-3H3. The minimum Gasteiger partial charge on any atom is -0.339 e. The minimum atomic E-state index is 0.241. The van der Waals surface area contributed by atoms with Gasteiger partial charge in [-0.1, -0.05) is 0 Å². The van der Waals surface area contributed by atoms with E-state index in [9.17, 15) is 4.79 Å². The molecule has 0 spiro atoms. The van der Waals surface area contributed by atoms with Gasteiger partial charge in [0.05, 0.1) is 6.54 Å². The highest BCUT2D eigenvalue weighted by molar-refractivity contribution is 7.12. The average molecular weight is 266 g/mol. The van der Waals surface area contributed by atoms with Gasteiger partial charge in [0.2, 0.25) is 5.91 Å². The highest BCUT2D eigenvalue weighted by Crippen LogP contribution is 2.26. The third kappa shape index (κ3) is 3.33. The van der Waals surface area contributed by atoms with Crippen LogP contribution in [0.2, 0.25) is 0 Å². The van der Waals surface area contributed by atoms with Crippen LogP contribution in [0.15, 0.2) is 6.07 Å². The summed E-state index contributed by atoms with van der Waals surface area (Å²) in [4.78, 5) is 16.7. The molecule has 1 fully saturated rings. The molecule has 0 unspecified atom stereocenters. The fourth-order valence-electron chi connectivity index (χ4n) is 2.16. The van der Waals surface area contributed by atoms with E-state index >= 15 is 0 Å². The summed E-state index contributed by atoms with van der Waals surface area (Å²) in [5.74, 6) is 0.241. The molecule has 1 aliphatic carbocycles. The average Bonchev–Trinajstić information content (AvgIpc) is 3.09. The molecule has 1 aromatic heterocycles. The van der Waals surface area contributed by atoms with Gasteiger partial charge in [-0.25, -0.2) is 0 Å². The molecule has 0 radical (unpaired) electrons. The summed E-state index contributed by atoms with van der Waals surface area (Å²) in [5.41, 5.74) is 1.34. The summed E-state index contributed by atoms with van der Waals surface area (Å²) in [5, 5.41) is 3.26.